The van der Waals surface area contributed by atoms with Crippen molar-refractivity contribution in [3.63, 3.8) is 0 Å². The molecule has 2 aliphatic rings. The van der Waals surface area contributed by atoms with Crippen molar-refractivity contribution < 1.29 is 5.11 Å². The average Bonchev–Trinajstić information content (AvgIpc) is 2.24. The van der Waals surface area contributed by atoms with Crippen LogP contribution in [-0.4, -0.2) is 11.2 Å². The fraction of sp³-hybridized carbons (Fsp3) is 1.00. The van der Waals surface area contributed by atoms with E-state index in [0.29, 0.717) is 5.92 Å². The predicted octanol–water partition coefficient (Wildman–Crippen LogP) is 1.41. The maximum absolute atomic E-state index is 9.34. The molecule has 0 saturated heterocycles. The first-order chi connectivity index (χ1) is 4.27. The molecule has 1 N–H and O–H groups in total. The van der Waals surface area contributed by atoms with Crippen LogP contribution in [0.15, 0.2) is 0 Å². The first kappa shape index (κ1) is 5.72. The van der Waals surface area contributed by atoms with E-state index in [1.54, 1.807) is 0 Å². The van der Waals surface area contributed by atoms with Crippen molar-refractivity contribution in [3.05, 3.63) is 0 Å². The third-order valence-corrected chi connectivity index (χ3v) is 3.17. The van der Waals surface area contributed by atoms with E-state index >= 15 is 0 Å². The molecule has 0 amide bonds. The zero-order valence-electron chi connectivity index (χ0n) is 5.88. The quantitative estimate of drug-likeness (QED) is 0.520. The van der Waals surface area contributed by atoms with Crippen LogP contribution in [0.4, 0.5) is 0 Å². The van der Waals surface area contributed by atoms with Crippen LogP contribution < -0.4 is 0 Å². The molecule has 2 rings (SSSR count). The highest BCUT2D eigenvalue weighted by Crippen LogP contribution is 2.47. The Morgan fingerprint density at radius 3 is 2.22 bits per heavy atom. The molecule has 0 aromatic rings. The Bertz CT molecular complexity index is 104. The molecule has 0 aliphatic heterocycles. The summed E-state index contributed by atoms with van der Waals surface area (Å²) < 4.78 is 0. The highest BCUT2D eigenvalue weighted by atomic mass is 16.3. The molecule has 9 heavy (non-hydrogen) atoms. The van der Waals surface area contributed by atoms with E-state index in [1.807, 2.05) is 0 Å². The Morgan fingerprint density at radius 2 is 1.89 bits per heavy atom. The maximum atomic E-state index is 9.34. The van der Waals surface area contributed by atoms with Crippen LogP contribution >= 0.6 is 0 Å². The van der Waals surface area contributed by atoms with Crippen molar-refractivity contribution >= 4 is 0 Å². The Hall–Kier alpha value is -0.0400. The van der Waals surface area contributed by atoms with E-state index in [0.717, 1.165) is 18.3 Å². The second-order valence-electron chi connectivity index (χ2n) is 3.77. The van der Waals surface area contributed by atoms with Gasteiger partial charge in [-0.2, -0.15) is 0 Å². The van der Waals surface area contributed by atoms with Crippen LogP contribution in [0.1, 0.15) is 26.2 Å². The third-order valence-electron chi connectivity index (χ3n) is 3.17. The Balaban J connectivity index is 2.10. The highest BCUT2D eigenvalue weighted by molar-refractivity contribution is 4.93. The largest absolute Gasteiger partial charge is 0.393 e. The summed E-state index contributed by atoms with van der Waals surface area (Å²) in [6.45, 7) is 2.32. The van der Waals surface area contributed by atoms with Crippen LogP contribution in [0.5, 0.6) is 0 Å². The van der Waals surface area contributed by atoms with Gasteiger partial charge in [-0.25, -0.2) is 0 Å². The Labute approximate surface area is 56.1 Å². The predicted molar refractivity (Wildman–Crippen MR) is 36.0 cm³/mol. The lowest BCUT2D eigenvalue weighted by molar-refractivity contribution is 0.0985. The van der Waals surface area contributed by atoms with Crippen molar-refractivity contribution in [2.75, 3.05) is 0 Å². The minimum absolute atomic E-state index is 0.0613. The van der Waals surface area contributed by atoms with E-state index in [-0.39, 0.29) is 6.10 Å². The Morgan fingerprint density at radius 1 is 1.11 bits per heavy atom. The summed E-state index contributed by atoms with van der Waals surface area (Å²) in [5, 5.41) is 9.34. The van der Waals surface area contributed by atoms with Gasteiger partial charge in [0, 0.05) is 0 Å². The van der Waals surface area contributed by atoms with Crippen LogP contribution in [0.3, 0.4) is 0 Å². The summed E-state index contributed by atoms with van der Waals surface area (Å²) in [6, 6.07) is 0. The minimum Gasteiger partial charge on any atom is -0.393 e. The molecule has 1 nitrogen and oxygen atoms in total. The molecule has 52 valence electrons. The van der Waals surface area contributed by atoms with Crippen molar-refractivity contribution in [3.8, 4) is 0 Å². The second kappa shape index (κ2) is 1.72. The van der Waals surface area contributed by atoms with Crippen LogP contribution in [0.2, 0.25) is 0 Å². The molecule has 2 aliphatic carbocycles. The number of rotatable bonds is 0. The second-order valence-corrected chi connectivity index (χ2v) is 3.77. The lowest BCUT2D eigenvalue weighted by Gasteiger charge is -2.20. The molecular formula is C8H14O. The summed E-state index contributed by atoms with van der Waals surface area (Å²) in [6.07, 6.45) is 3.74. The molecule has 2 saturated carbocycles. The van der Waals surface area contributed by atoms with E-state index in [1.165, 1.54) is 12.8 Å². The van der Waals surface area contributed by atoms with Crippen molar-refractivity contribution in [1.29, 1.82) is 0 Å². The molecular weight excluding hydrogens is 112 g/mol. The maximum Gasteiger partial charge on any atom is 0.0571 e. The van der Waals surface area contributed by atoms with Gasteiger partial charge < -0.3 is 5.11 Å². The molecule has 0 heterocycles. The van der Waals surface area contributed by atoms with Crippen molar-refractivity contribution in [2.45, 2.75) is 32.3 Å². The first-order valence-corrected chi connectivity index (χ1v) is 3.95. The van der Waals surface area contributed by atoms with E-state index in [9.17, 15) is 5.11 Å². The molecule has 0 unspecified atom stereocenters. The molecule has 4 atom stereocenters. The molecule has 1 heteroatoms. The highest BCUT2D eigenvalue weighted by Gasteiger charge is 2.42. The van der Waals surface area contributed by atoms with Gasteiger partial charge in [-0.15, -0.1) is 0 Å². The van der Waals surface area contributed by atoms with E-state index in [2.05, 4.69) is 6.92 Å². The number of aliphatic hydroxyl groups is 1. The minimum atomic E-state index is 0.0613. The van der Waals surface area contributed by atoms with Gasteiger partial charge in [0.05, 0.1) is 6.10 Å². The van der Waals surface area contributed by atoms with Gasteiger partial charge in [0.2, 0.25) is 0 Å². The van der Waals surface area contributed by atoms with E-state index < -0.39 is 0 Å². The van der Waals surface area contributed by atoms with Crippen molar-refractivity contribution in [2.24, 2.45) is 17.8 Å². The van der Waals surface area contributed by atoms with Crippen LogP contribution in [0, 0.1) is 17.8 Å². The monoisotopic (exact) mass is 126 g/mol. The topological polar surface area (TPSA) is 20.2 Å². The van der Waals surface area contributed by atoms with Crippen molar-refractivity contribution in [1.82, 2.24) is 0 Å². The lowest BCUT2D eigenvalue weighted by Crippen LogP contribution is -2.19. The summed E-state index contributed by atoms with van der Waals surface area (Å²) in [5.41, 5.74) is 0. The normalized spacial score (nSPS) is 56.7. The molecule has 0 aromatic heterocycles. The van der Waals surface area contributed by atoms with Gasteiger partial charge in [0.1, 0.15) is 0 Å². The zero-order valence-corrected chi connectivity index (χ0v) is 5.88. The summed E-state index contributed by atoms with van der Waals surface area (Å²) in [7, 11) is 0. The van der Waals surface area contributed by atoms with Crippen LogP contribution in [0.25, 0.3) is 0 Å². The standard InChI is InChI=1S/C8H14O/c1-5-2-7-3-6(5)4-8(7)9/h5-9H,2-4H2,1H3/t5-,6-,7+,8-/m0/s1. The molecule has 2 fully saturated rings. The fourth-order valence-electron chi connectivity index (χ4n) is 2.53. The summed E-state index contributed by atoms with van der Waals surface area (Å²) in [4.78, 5) is 0. The molecule has 0 aromatic carbocycles. The number of fused-ring (bicyclic) bond motifs is 2. The third kappa shape index (κ3) is 0.710. The Kier molecular flexibility index (Phi) is 1.10. The lowest BCUT2D eigenvalue weighted by atomic mass is 9.89. The van der Waals surface area contributed by atoms with Gasteiger partial charge in [0.25, 0.3) is 0 Å². The van der Waals surface area contributed by atoms with Gasteiger partial charge >= 0.3 is 0 Å². The average molecular weight is 126 g/mol. The number of hydrogen-bond donors (Lipinski definition) is 1. The number of aliphatic hydroxyl groups excluding tert-OH is 1. The van der Waals surface area contributed by atoms with E-state index in [4.69, 9.17) is 0 Å². The van der Waals surface area contributed by atoms with Gasteiger partial charge in [-0.1, -0.05) is 6.92 Å². The van der Waals surface area contributed by atoms with Gasteiger partial charge in [-0.05, 0) is 37.0 Å². The van der Waals surface area contributed by atoms with Gasteiger partial charge in [0.15, 0.2) is 0 Å². The summed E-state index contributed by atoms with van der Waals surface area (Å²) in [5.74, 6) is 2.44. The van der Waals surface area contributed by atoms with Crippen LogP contribution in [-0.2, 0) is 0 Å². The smallest absolute Gasteiger partial charge is 0.0571 e. The molecule has 0 radical (unpaired) electrons. The zero-order chi connectivity index (χ0) is 6.43. The number of hydrogen-bond acceptors (Lipinski definition) is 1. The SMILES string of the molecule is C[C@H]1C[C@@H]2C[C@H]1C[C@@H]2O. The molecule has 0 spiro atoms. The first-order valence-electron chi connectivity index (χ1n) is 3.95. The fourth-order valence-corrected chi connectivity index (χ4v) is 2.53. The van der Waals surface area contributed by atoms with Gasteiger partial charge in [-0.3, -0.25) is 0 Å². The summed E-state index contributed by atoms with van der Waals surface area (Å²) >= 11 is 0. The molecule has 2 bridgehead atoms.